The van der Waals surface area contributed by atoms with Crippen molar-refractivity contribution in [3.63, 3.8) is 0 Å². The number of aryl methyl sites for hydroxylation is 1. The van der Waals surface area contributed by atoms with Gasteiger partial charge in [0, 0.05) is 28.2 Å². The van der Waals surface area contributed by atoms with Gasteiger partial charge in [0.05, 0.1) is 11.1 Å². The quantitative estimate of drug-likeness (QED) is 0.457. The zero-order valence-electron chi connectivity index (χ0n) is 17.1. The molecule has 2 aliphatic rings. The Bertz CT molecular complexity index is 1150. The number of nitrogens with zero attached hydrogens (tertiary/aromatic N) is 1. The standard InChI is InChI=1S/C26H24Cl2N2/c1-16-5-3-8-21(17(16)2)25-26(15-30-24-14-20(28)9-10-23(24)26)22(11-12-29-25)18-6-4-7-19(27)13-18/h3-10,13-15,22,25,29H,11-12H2,1-2H3/t22-,25+,26-/m0/s1. The molecule has 0 amide bonds. The van der Waals surface area contributed by atoms with Crippen LogP contribution in [0.2, 0.25) is 10.0 Å². The smallest absolute Gasteiger partial charge is 0.0683 e. The number of piperidine rings is 1. The average Bonchev–Trinajstić information content (AvgIpc) is 3.09. The van der Waals surface area contributed by atoms with Crippen molar-refractivity contribution in [3.8, 4) is 0 Å². The van der Waals surface area contributed by atoms with Crippen LogP contribution in [0.25, 0.3) is 0 Å². The summed E-state index contributed by atoms with van der Waals surface area (Å²) in [6.45, 7) is 5.34. The molecular formula is C26H24Cl2N2. The number of benzene rings is 3. The van der Waals surface area contributed by atoms with E-state index in [2.05, 4.69) is 67.8 Å². The van der Waals surface area contributed by atoms with Crippen molar-refractivity contribution in [3.05, 3.63) is 98.5 Å². The molecule has 2 heterocycles. The molecule has 4 heteroatoms. The van der Waals surface area contributed by atoms with Crippen molar-refractivity contribution in [2.75, 3.05) is 6.54 Å². The predicted octanol–water partition coefficient (Wildman–Crippen LogP) is 7.08. The van der Waals surface area contributed by atoms with Crippen LogP contribution >= 0.6 is 23.2 Å². The van der Waals surface area contributed by atoms with E-state index in [0.29, 0.717) is 5.02 Å². The summed E-state index contributed by atoms with van der Waals surface area (Å²) in [5.41, 5.74) is 7.12. The highest BCUT2D eigenvalue weighted by Gasteiger charge is 2.52. The number of aliphatic imine (C=N–C) groups is 1. The molecule has 1 N–H and O–H groups in total. The van der Waals surface area contributed by atoms with Gasteiger partial charge in [-0.15, -0.1) is 0 Å². The monoisotopic (exact) mass is 434 g/mol. The minimum atomic E-state index is -0.304. The molecule has 0 bridgehead atoms. The molecule has 1 spiro atoms. The van der Waals surface area contributed by atoms with Gasteiger partial charge in [0.15, 0.2) is 0 Å². The van der Waals surface area contributed by atoms with E-state index >= 15 is 0 Å². The van der Waals surface area contributed by atoms with E-state index in [1.807, 2.05) is 18.2 Å². The second-order valence-electron chi connectivity index (χ2n) is 8.43. The molecule has 3 aromatic carbocycles. The lowest BCUT2D eigenvalue weighted by Gasteiger charge is -2.48. The molecular weight excluding hydrogens is 411 g/mol. The van der Waals surface area contributed by atoms with Crippen LogP contribution in [0.1, 0.15) is 46.2 Å². The lowest BCUT2D eigenvalue weighted by atomic mass is 9.60. The van der Waals surface area contributed by atoms with E-state index in [4.69, 9.17) is 28.2 Å². The zero-order chi connectivity index (χ0) is 20.9. The average molecular weight is 435 g/mol. The van der Waals surface area contributed by atoms with Crippen LogP contribution in [-0.4, -0.2) is 12.8 Å². The summed E-state index contributed by atoms with van der Waals surface area (Å²) < 4.78 is 0. The van der Waals surface area contributed by atoms with Crippen molar-refractivity contribution in [1.82, 2.24) is 5.32 Å². The van der Waals surface area contributed by atoms with Gasteiger partial charge >= 0.3 is 0 Å². The van der Waals surface area contributed by atoms with Crippen molar-refractivity contribution in [2.45, 2.75) is 37.6 Å². The first-order valence-electron chi connectivity index (χ1n) is 10.4. The third-order valence-corrected chi connectivity index (χ3v) is 7.36. The van der Waals surface area contributed by atoms with E-state index in [-0.39, 0.29) is 17.4 Å². The van der Waals surface area contributed by atoms with Gasteiger partial charge in [0.1, 0.15) is 0 Å². The molecule has 1 fully saturated rings. The summed E-state index contributed by atoms with van der Waals surface area (Å²) in [7, 11) is 0. The van der Waals surface area contributed by atoms with Gasteiger partial charge < -0.3 is 5.32 Å². The van der Waals surface area contributed by atoms with Crippen LogP contribution in [0.4, 0.5) is 5.69 Å². The van der Waals surface area contributed by atoms with E-state index in [1.165, 1.54) is 27.8 Å². The lowest BCUT2D eigenvalue weighted by molar-refractivity contribution is 0.269. The number of hydrogen-bond donors (Lipinski definition) is 1. The Morgan fingerprint density at radius 2 is 1.77 bits per heavy atom. The van der Waals surface area contributed by atoms with Crippen LogP contribution in [0, 0.1) is 13.8 Å². The Morgan fingerprint density at radius 3 is 2.60 bits per heavy atom. The van der Waals surface area contributed by atoms with Gasteiger partial charge in [-0.3, -0.25) is 4.99 Å². The van der Waals surface area contributed by atoms with Crippen LogP contribution in [0.3, 0.4) is 0 Å². The Balaban J connectivity index is 1.76. The van der Waals surface area contributed by atoms with Gasteiger partial charge in [-0.1, -0.05) is 59.6 Å². The van der Waals surface area contributed by atoms with Crippen LogP contribution in [-0.2, 0) is 5.41 Å². The summed E-state index contributed by atoms with van der Waals surface area (Å²) in [5.74, 6) is 0.258. The topological polar surface area (TPSA) is 24.4 Å². The van der Waals surface area contributed by atoms with E-state index in [9.17, 15) is 0 Å². The van der Waals surface area contributed by atoms with Gasteiger partial charge in [-0.2, -0.15) is 0 Å². The number of hydrogen-bond acceptors (Lipinski definition) is 2. The molecule has 0 aliphatic carbocycles. The molecule has 0 unspecified atom stereocenters. The highest BCUT2D eigenvalue weighted by atomic mass is 35.5. The summed E-state index contributed by atoms with van der Waals surface area (Å²) in [4.78, 5) is 4.88. The first kappa shape index (κ1) is 19.8. The summed E-state index contributed by atoms with van der Waals surface area (Å²) >= 11 is 12.7. The molecule has 5 rings (SSSR count). The van der Waals surface area contributed by atoms with E-state index < -0.39 is 0 Å². The molecule has 152 valence electrons. The van der Waals surface area contributed by atoms with Crippen molar-refractivity contribution in [1.29, 1.82) is 0 Å². The number of rotatable bonds is 2. The third kappa shape index (κ3) is 3.01. The SMILES string of the molecule is Cc1cccc([C@H]2NCC[C@@H](c3cccc(Cl)c3)[C@]23C=Nc2cc(Cl)ccc23)c1C. The fraction of sp³-hybridized carbons (Fsp3) is 0.269. The second-order valence-corrected chi connectivity index (χ2v) is 9.30. The Labute approximate surface area is 188 Å². The molecule has 0 radical (unpaired) electrons. The molecule has 2 nitrogen and oxygen atoms in total. The maximum atomic E-state index is 6.41. The minimum Gasteiger partial charge on any atom is -0.309 e. The van der Waals surface area contributed by atoms with Gasteiger partial charge in [0.2, 0.25) is 0 Å². The first-order chi connectivity index (χ1) is 14.5. The molecule has 0 aromatic heterocycles. The van der Waals surface area contributed by atoms with Gasteiger partial charge in [-0.05, 0) is 78.9 Å². The van der Waals surface area contributed by atoms with Crippen LogP contribution in [0.5, 0.6) is 0 Å². The summed E-state index contributed by atoms with van der Waals surface area (Å²) in [6, 6.07) is 21.1. The molecule has 2 aliphatic heterocycles. The molecule has 1 saturated heterocycles. The largest absolute Gasteiger partial charge is 0.309 e. The lowest BCUT2D eigenvalue weighted by Crippen LogP contribution is -2.51. The highest BCUT2D eigenvalue weighted by Crippen LogP contribution is 2.56. The van der Waals surface area contributed by atoms with Gasteiger partial charge in [-0.25, -0.2) is 0 Å². The normalized spacial score (nSPS) is 24.9. The summed E-state index contributed by atoms with van der Waals surface area (Å²) in [5, 5.41) is 5.34. The first-order valence-corrected chi connectivity index (χ1v) is 11.2. The van der Waals surface area contributed by atoms with Crippen LogP contribution in [0.15, 0.2) is 65.7 Å². The van der Waals surface area contributed by atoms with Crippen molar-refractivity contribution in [2.24, 2.45) is 4.99 Å². The van der Waals surface area contributed by atoms with E-state index in [1.54, 1.807) is 0 Å². The molecule has 3 atom stereocenters. The van der Waals surface area contributed by atoms with Crippen molar-refractivity contribution >= 4 is 35.1 Å². The minimum absolute atomic E-state index is 0.112. The fourth-order valence-corrected chi connectivity index (χ4v) is 5.70. The Kier molecular flexibility index (Phi) is 4.97. The number of fused-ring (bicyclic) bond motifs is 2. The predicted molar refractivity (Wildman–Crippen MR) is 127 cm³/mol. The second kappa shape index (κ2) is 7.53. The maximum Gasteiger partial charge on any atom is 0.0683 e. The number of halogens is 2. The molecule has 3 aromatic rings. The summed E-state index contributed by atoms with van der Waals surface area (Å²) in [6.07, 6.45) is 3.17. The van der Waals surface area contributed by atoms with Gasteiger partial charge in [0.25, 0.3) is 0 Å². The Hall–Kier alpha value is -2.13. The maximum absolute atomic E-state index is 6.41. The fourth-order valence-electron chi connectivity index (χ4n) is 5.33. The Morgan fingerprint density at radius 1 is 0.967 bits per heavy atom. The third-order valence-electron chi connectivity index (χ3n) is 6.89. The highest BCUT2D eigenvalue weighted by molar-refractivity contribution is 6.31. The van der Waals surface area contributed by atoms with Crippen LogP contribution < -0.4 is 5.32 Å². The number of nitrogens with one attached hydrogen (secondary N) is 1. The molecule has 30 heavy (non-hydrogen) atoms. The molecule has 0 saturated carbocycles. The zero-order valence-corrected chi connectivity index (χ0v) is 18.6. The van der Waals surface area contributed by atoms with E-state index in [0.717, 1.165) is 23.7 Å². The van der Waals surface area contributed by atoms with Crippen molar-refractivity contribution < 1.29 is 0 Å².